The molecule has 2 heterocycles. The number of aryl methyl sites for hydroxylation is 2. The van der Waals surface area contributed by atoms with Crippen LogP contribution in [0.2, 0.25) is 5.02 Å². The molecule has 0 saturated heterocycles. The third-order valence-electron chi connectivity index (χ3n) is 3.80. The van der Waals surface area contributed by atoms with Crippen LogP contribution in [-0.4, -0.2) is 17.7 Å². The number of carbonyl (C=O) groups is 3. The van der Waals surface area contributed by atoms with Gasteiger partial charge in [-0.2, -0.15) is 0 Å². The summed E-state index contributed by atoms with van der Waals surface area (Å²) >= 11 is 7.40. The van der Waals surface area contributed by atoms with Gasteiger partial charge in [0.15, 0.2) is 0 Å². The fourth-order valence-electron chi connectivity index (χ4n) is 2.46. The Balaban J connectivity index is 1.67. The second-order valence-electron chi connectivity index (χ2n) is 5.86. The molecule has 0 spiro atoms. The summed E-state index contributed by atoms with van der Waals surface area (Å²) in [6.45, 7) is 3.38. The van der Waals surface area contributed by atoms with Gasteiger partial charge in [-0.05, 0) is 49.6 Å². The number of hydrogen-bond acceptors (Lipinski definition) is 5. The summed E-state index contributed by atoms with van der Waals surface area (Å²) in [7, 11) is 0. The Morgan fingerprint density at radius 1 is 1.00 bits per heavy atom. The highest BCUT2D eigenvalue weighted by Crippen LogP contribution is 2.24. The van der Waals surface area contributed by atoms with E-state index < -0.39 is 11.8 Å². The molecule has 0 bridgehead atoms. The molecule has 28 heavy (non-hydrogen) atoms. The number of rotatable bonds is 4. The number of benzene rings is 1. The second-order valence-corrected chi connectivity index (χ2v) is 7.22. The fraction of sp³-hybridized carbons (Fsp3) is 0.105. The molecule has 3 rings (SSSR count). The number of nitrogens with one attached hydrogen (secondary N) is 3. The molecule has 0 saturated carbocycles. The zero-order valence-electron chi connectivity index (χ0n) is 15.0. The van der Waals surface area contributed by atoms with E-state index in [-0.39, 0.29) is 16.5 Å². The van der Waals surface area contributed by atoms with Crippen LogP contribution in [0, 0.1) is 13.8 Å². The Hall–Kier alpha value is -3.10. The number of carbonyl (C=O) groups excluding carboxylic acids is 3. The van der Waals surface area contributed by atoms with Gasteiger partial charge in [-0.15, -0.1) is 11.3 Å². The van der Waals surface area contributed by atoms with E-state index in [9.17, 15) is 14.4 Å². The summed E-state index contributed by atoms with van der Waals surface area (Å²) in [5, 5.41) is 4.74. The number of furan rings is 1. The third kappa shape index (κ3) is 4.41. The van der Waals surface area contributed by atoms with E-state index in [1.165, 1.54) is 29.5 Å². The largest absolute Gasteiger partial charge is 0.466 e. The first-order valence-electron chi connectivity index (χ1n) is 8.17. The molecule has 0 aliphatic carbocycles. The molecule has 3 aromatic rings. The van der Waals surface area contributed by atoms with E-state index >= 15 is 0 Å². The second kappa shape index (κ2) is 8.28. The van der Waals surface area contributed by atoms with E-state index in [1.807, 2.05) is 0 Å². The molecule has 1 aromatic carbocycles. The lowest BCUT2D eigenvalue weighted by atomic mass is 10.2. The van der Waals surface area contributed by atoms with Crippen molar-refractivity contribution in [1.29, 1.82) is 0 Å². The molecule has 0 fully saturated rings. The number of hydrazine groups is 1. The van der Waals surface area contributed by atoms with Crippen LogP contribution < -0.4 is 16.2 Å². The molecule has 9 heteroatoms. The molecule has 0 radical (unpaired) electrons. The third-order valence-corrected chi connectivity index (χ3v) is 5.00. The van der Waals surface area contributed by atoms with Gasteiger partial charge < -0.3 is 9.73 Å². The van der Waals surface area contributed by atoms with E-state index in [0.717, 1.165) is 0 Å². The van der Waals surface area contributed by atoms with Crippen LogP contribution in [-0.2, 0) is 0 Å². The summed E-state index contributed by atoms with van der Waals surface area (Å²) in [6.07, 6.45) is 0. The number of anilines is 1. The molecule has 0 aliphatic rings. The minimum Gasteiger partial charge on any atom is -0.466 e. The lowest BCUT2D eigenvalue weighted by molar-refractivity contribution is 0.0845. The molecule has 7 nitrogen and oxygen atoms in total. The number of halogens is 1. The molecule has 2 aromatic heterocycles. The highest BCUT2D eigenvalue weighted by atomic mass is 35.5. The number of amides is 3. The van der Waals surface area contributed by atoms with Crippen LogP contribution >= 0.6 is 22.9 Å². The van der Waals surface area contributed by atoms with Gasteiger partial charge in [-0.25, -0.2) is 0 Å². The van der Waals surface area contributed by atoms with E-state index in [1.54, 1.807) is 37.4 Å². The van der Waals surface area contributed by atoms with Crippen LogP contribution in [0.5, 0.6) is 0 Å². The molecule has 0 aliphatic heterocycles. The van der Waals surface area contributed by atoms with Gasteiger partial charge in [-0.3, -0.25) is 25.2 Å². The lowest BCUT2D eigenvalue weighted by Crippen LogP contribution is -2.41. The molecule has 3 N–H and O–H groups in total. The summed E-state index contributed by atoms with van der Waals surface area (Å²) < 4.78 is 5.30. The molecular weight excluding hydrogens is 402 g/mol. The van der Waals surface area contributed by atoms with Gasteiger partial charge in [0.2, 0.25) is 0 Å². The van der Waals surface area contributed by atoms with Crippen molar-refractivity contribution >= 4 is 46.3 Å². The van der Waals surface area contributed by atoms with Crippen molar-refractivity contribution in [3.8, 4) is 0 Å². The van der Waals surface area contributed by atoms with Crippen molar-refractivity contribution in [2.24, 2.45) is 0 Å². The SMILES string of the molecule is Cc1cc(C(=O)NNC(=O)c2ccc(Cl)c(NC(=O)c3cccs3)c2)c(C)o1. The zero-order valence-corrected chi connectivity index (χ0v) is 16.5. The minimum absolute atomic E-state index is 0.214. The van der Waals surface area contributed by atoms with Crippen molar-refractivity contribution < 1.29 is 18.8 Å². The summed E-state index contributed by atoms with van der Waals surface area (Å²) in [5.41, 5.74) is 5.50. The predicted octanol–water partition coefficient (Wildman–Crippen LogP) is 3.94. The van der Waals surface area contributed by atoms with Crippen LogP contribution in [0.15, 0.2) is 46.2 Å². The average Bonchev–Trinajstić information content (AvgIpc) is 3.30. The van der Waals surface area contributed by atoms with Crippen molar-refractivity contribution in [3.63, 3.8) is 0 Å². The zero-order chi connectivity index (χ0) is 20.3. The Labute approximate surface area is 169 Å². The van der Waals surface area contributed by atoms with E-state index in [4.69, 9.17) is 16.0 Å². The van der Waals surface area contributed by atoms with Crippen molar-refractivity contribution in [3.05, 3.63) is 74.3 Å². The van der Waals surface area contributed by atoms with Gasteiger partial charge in [0.1, 0.15) is 11.5 Å². The minimum atomic E-state index is -0.561. The standard InChI is InChI=1S/C19H16ClN3O4S/c1-10-8-13(11(2)27-10)18(25)23-22-17(24)12-5-6-14(20)15(9-12)21-19(26)16-4-3-7-28-16/h3-9H,1-2H3,(H,21,26)(H,22,24)(H,23,25). The Morgan fingerprint density at radius 3 is 2.39 bits per heavy atom. The van der Waals surface area contributed by atoms with Crippen molar-refractivity contribution in [2.75, 3.05) is 5.32 Å². The monoisotopic (exact) mass is 417 g/mol. The van der Waals surface area contributed by atoms with Crippen LogP contribution in [0.4, 0.5) is 5.69 Å². The maximum absolute atomic E-state index is 12.3. The first kappa shape index (κ1) is 19.7. The lowest BCUT2D eigenvalue weighted by Gasteiger charge is -2.10. The van der Waals surface area contributed by atoms with Crippen molar-refractivity contribution in [2.45, 2.75) is 13.8 Å². The summed E-state index contributed by atoms with van der Waals surface area (Å²) in [5.74, 6) is -0.335. The maximum Gasteiger partial charge on any atom is 0.273 e. The molecule has 3 amide bonds. The van der Waals surface area contributed by atoms with Gasteiger partial charge in [-0.1, -0.05) is 17.7 Å². The highest BCUT2D eigenvalue weighted by Gasteiger charge is 2.16. The number of hydrogen-bond donors (Lipinski definition) is 3. The van der Waals surface area contributed by atoms with Gasteiger partial charge >= 0.3 is 0 Å². The topological polar surface area (TPSA) is 100 Å². The van der Waals surface area contributed by atoms with Gasteiger partial charge in [0.05, 0.1) is 21.2 Å². The Kier molecular flexibility index (Phi) is 5.81. The first-order valence-corrected chi connectivity index (χ1v) is 9.43. The smallest absolute Gasteiger partial charge is 0.273 e. The molecule has 0 atom stereocenters. The van der Waals surface area contributed by atoms with Crippen molar-refractivity contribution in [1.82, 2.24) is 10.9 Å². The summed E-state index contributed by atoms with van der Waals surface area (Å²) in [4.78, 5) is 37.2. The normalized spacial score (nSPS) is 10.4. The number of thiophene rings is 1. The van der Waals surface area contributed by atoms with Gasteiger partial charge in [0.25, 0.3) is 17.7 Å². The van der Waals surface area contributed by atoms with E-state index in [0.29, 0.717) is 27.6 Å². The molecule has 0 unspecified atom stereocenters. The molecular formula is C19H16ClN3O4S. The summed E-state index contributed by atoms with van der Waals surface area (Å²) in [6, 6.07) is 9.43. The molecule has 144 valence electrons. The highest BCUT2D eigenvalue weighted by molar-refractivity contribution is 7.12. The van der Waals surface area contributed by atoms with Gasteiger partial charge in [0, 0.05) is 5.56 Å². The first-order chi connectivity index (χ1) is 13.3. The van der Waals surface area contributed by atoms with Crippen LogP contribution in [0.1, 0.15) is 41.9 Å². The van der Waals surface area contributed by atoms with E-state index in [2.05, 4.69) is 16.2 Å². The average molecular weight is 418 g/mol. The fourth-order valence-corrected chi connectivity index (χ4v) is 3.25. The Morgan fingerprint density at radius 2 is 1.75 bits per heavy atom. The van der Waals surface area contributed by atoms with Crippen LogP contribution in [0.25, 0.3) is 0 Å². The Bertz CT molecular complexity index is 1040. The predicted molar refractivity (Wildman–Crippen MR) is 107 cm³/mol. The quantitative estimate of drug-likeness (QED) is 0.560. The van der Waals surface area contributed by atoms with Crippen LogP contribution in [0.3, 0.4) is 0 Å². The maximum atomic E-state index is 12.3.